The molecule has 2 rings (SSSR count). The van der Waals surface area contributed by atoms with E-state index in [-0.39, 0.29) is 17.6 Å². The molecule has 1 atom stereocenters. The predicted octanol–water partition coefficient (Wildman–Crippen LogP) is 2.47. The molecule has 1 aliphatic rings. The lowest BCUT2D eigenvalue weighted by molar-refractivity contribution is -0.121. The normalized spacial score (nSPS) is 18.8. The third kappa shape index (κ3) is 3.48. The maximum absolute atomic E-state index is 13.1. The highest BCUT2D eigenvalue weighted by Crippen LogP contribution is 2.20. The molecule has 4 nitrogen and oxygen atoms in total. The van der Waals surface area contributed by atoms with Crippen LogP contribution >= 0.6 is 0 Å². The number of amides is 1. The minimum atomic E-state index is -0.471. The van der Waals surface area contributed by atoms with E-state index >= 15 is 0 Å². The van der Waals surface area contributed by atoms with Crippen LogP contribution in [0.4, 0.5) is 15.8 Å². The van der Waals surface area contributed by atoms with Gasteiger partial charge in [0.05, 0.1) is 11.7 Å². The van der Waals surface area contributed by atoms with Crippen molar-refractivity contribution in [3.8, 4) is 0 Å². The molecule has 1 fully saturated rings. The molecule has 1 aromatic rings. The van der Waals surface area contributed by atoms with Crippen molar-refractivity contribution in [2.75, 3.05) is 24.1 Å². The van der Waals surface area contributed by atoms with Gasteiger partial charge in [0.15, 0.2) is 0 Å². The Morgan fingerprint density at radius 2 is 2.10 bits per heavy atom. The molecule has 0 bridgehead atoms. The van der Waals surface area contributed by atoms with Gasteiger partial charge < -0.3 is 11.1 Å². The first kappa shape index (κ1) is 14.8. The number of benzene rings is 1. The van der Waals surface area contributed by atoms with Crippen LogP contribution in [0.3, 0.4) is 0 Å². The van der Waals surface area contributed by atoms with Crippen LogP contribution in [0, 0.1) is 11.7 Å². The van der Waals surface area contributed by atoms with Gasteiger partial charge in [-0.15, -0.1) is 0 Å². The molecule has 3 N–H and O–H groups in total. The summed E-state index contributed by atoms with van der Waals surface area (Å²) in [6.07, 6.45) is 2.25. The standard InChI is InChI=1S/C15H22FN3O/c1-10-5-7-19(8-6-10)11(2)15(20)18-12-3-4-13(16)14(17)9-12/h3-4,9-11H,5-8,17H2,1-2H3,(H,18,20). The summed E-state index contributed by atoms with van der Waals surface area (Å²) in [5.74, 6) is 0.185. The quantitative estimate of drug-likeness (QED) is 0.836. The number of anilines is 2. The smallest absolute Gasteiger partial charge is 0.241 e. The zero-order valence-corrected chi connectivity index (χ0v) is 12.0. The highest BCUT2D eigenvalue weighted by atomic mass is 19.1. The minimum Gasteiger partial charge on any atom is -0.396 e. The van der Waals surface area contributed by atoms with Crippen LogP contribution in [0.1, 0.15) is 26.7 Å². The van der Waals surface area contributed by atoms with E-state index in [1.807, 2.05) is 6.92 Å². The maximum Gasteiger partial charge on any atom is 0.241 e. The summed E-state index contributed by atoms with van der Waals surface area (Å²) in [5, 5.41) is 2.79. The Morgan fingerprint density at radius 3 is 2.70 bits per heavy atom. The number of rotatable bonds is 3. The molecule has 110 valence electrons. The zero-order chi connectivity index (χ0) is 14.7. The highest BCUT2D eigenvalue weighted by molar-refractivity contribution is 5.94. The number of piperidine rings is 1. The van der Waals surface area contributed by atoms with Gasteiger partial charge in [-0.05, 0) is 57.0 Å². The zero-order valence-electron chi connectivity index (χ0n) is 12.0. The Balaban J connectivity index is 1.95. The summed E-state index contributed by atoms with van der Waals surface area (Å²) in [4.78, 5) is 14.4. The van der Waals surface area contributed by atoms with Gasteiger partial charge in [-0.3, -0.25) is 9.69 Å². The van der Waals surface area contributed by atoms with E-state index < -0.39 is 5.82 Å². The van der Waals surface area contributed by atoms with Gasteiger partial charge >= 0.3 is 0 Å². The molecular weight excluding hydrogens is 257 g/mol. The summed E-state index contributed by atoms with van der Waals surface area (Å²) in [6, 6.07) is 4.04. The van der Waals surface area contributed by atoms with Crippen molar-refractivity contribution in [2.45, 2.75) is 32.7 Å². The van der Waals surface area contributed by atoms with Crippen LogP contribution < -0.4 is 11.1 Å². The van der Waals surface area contributed by atoms with Crippen LogP contribution in [0.15, 0.2) is 18.2 Å². The van der Waals surface area contributed by atoms with Gasteiger partial charge in [0.1, 0.15) is 5.82 Å². The van der Waals surface area contributed by atoms with E-state index in [1.54, 1.807) is 0 Å². The second kappa shape index (κ2) is 6.22. The molecule has 1 heterocycles. The van der Waals surface area contributed by atoms with E-state index in [4.69, 9.17) is 5.73 Å². The largest absolute Gasteiger partial charge is 0.396 e. The lowest BCUT2D eigenvalue weighted by Gasteiger charge is -2.34. The van der Waals surface area contributed by atoms with Crippen LogP contribution in [0.25, 0.3) is 0 Å². The second-order valence-electron chi connectivity index (χ2n) is 5.62. The number of nitrogen functional groups attached to an aromatic ring is 1. The second-order valence-corrected chi connectivity index (χ2v) is 5.62. The fourth-order valence-electron chi connectivity index (χ4n) is 2.45. The summed E-state index contributed by atoms with van der Waals surface area (Å²) < 4.78 is 13.1. The minimum absolute atomic E-state index is 0.0438. The molecule has 5 heteroatoms. The molecule has 1 amide bonds. The summed E-state index contributed by atoms with van der Waals surface area (Å²) in [7, 11) is 0. The first-order valence-corrected chi connectivity index (χ1v) is 7.07. The molecule has 1 saturated heterocycles. The number of nitrogens with zero attached hydrogens (tertiary/aromatic N) is 1. The Hall–Kier alpha value is -1.62. The third-order valence-electron chi connectivity index (χ3n) is 4.01. The van der Waals surface area contributed by atoms with Crippen LogP contribution in [0.2, 0.25) is 0 Å². The van der Waals surface area contributed by atoms with Crippen LogP contribution in [-0.2, 0) is 4.79 Å². The van der Waals surface area contributed by atoms with Crippen molar-refractivity contribution in [1.29, 1.82) is 0 Å². The topological polar surface area (TPSA) is 58.4 Å². The maximum atomic E-state index is 13.1. The number of hydrogen-bond donors (Lipinski definition) is 2. The van der Waals surface area contributed by atoms with Gasteiger partial charge in [-0.25, -0.2) is 4.39 Å². The van der Waals surface area contributed by atoms with E-state index in [9.17, 15) is 9.18 Å². The number of carbonyl (C=O) groups is 1. The van der Waals surface area contributed by atoms with Crippen molar-refractivity contribution < 1.29 is 9.18 Å². The van der Waals surface area contributed by atoms with Crippen LogP contribution in [-0.4, -0.2) is 29.9 Å². The fourth-order valence-corrected chi connectivity index (χ4v) is 2.45. The fraction of sp³-hybridized carbons (Fsp3) is 0.533. The van der Waals surface area contributed by atoms with E-state index in [2.05, 4.69) is 17.1 Å². The van der Waals surface area contributed by atoms with Crippen molar-refractivity contribution >= 4 is 17.3 Å². The lowest BCUT2D eigenvalue weighted by atomic mass is 9.98. The molecule has 1 unspecified atom stereocenters. The van der Waals surface area contributed by atoms with E-state index in [0.717, 1.165) is 31.8 Å². The number of likely N-dealkylation sites (tertiary alicyclic amines) is 1. The molecule has 20 heavy (non-hydrogen) atoms. The van der Waals surface area contributed by atoms with Crippen molar-refractivity contribution in [1.82, 2.24) is 4.90 Å². The molecule has 0 saturated carbocycles. The molecule has 0 aromatic heterocycles. The van der Waals surface area contributed by atoms with Gasteiger partial charge in [0.2, 0.25) is 5.91 Å². The average molecular weight is 279 g/mol. The highest BCUT2D eigenvalue weighted by Gasteiger charge is 2.25. The van der Waals surface area contributed by atoms with Crippen LogP contribution in [0.5, 0.6) is 0 Å². The number of hydrogen-bond acceptors (Lipinski definition) is 3. The van der Waals surface area contributed by atoms with Gasteiger partial charge in [-0.1, -0.05) is 6.92 Å². The average Bonchev–Trinajstić information content (AvgIpc) is 2.43. The number of nitrogens with two attached hydrogens (primary N) is 1. The van der Waals surface area contributed by atoms with Gasteiger partial charge in [0, 0.05) is 5.69 Å². The molecule has 0 spiro atoms. The molecular formula is C15H22FN3O. The third-order valence-corrected chi connectivity index (χ3v) is 4.01. The van der Waals surface area contributed by atoms with E-state index in [0.29, 0.717) is 5.69 Å². The van der Waals surface area contributed by atoms with Crippen molar-refractivity contribution in [3.63, 3.8) is 0 Å². The first-order valence-electron chi connectivity index (χ1n) is 7.07. The molecule has 1 aromatic carbocycles. The molecule has 0 aliphatic carbocycles. The predicted molar refractivity (Wildman–Crippen MR) is 78.9 cm³/mol. The van der Waals surface area contributed by atoms with E-state index in [1.165, 1.54) is 18.2 Å². The number of nitrogens with one attached hydrogen (secondary N) is 1. The number of carbonyl (C=O) groups excluding carboxylic acids is 1. The monoisotopic (exact) mass is 279 g/mol. The SMILES string of the molecule is CC1CCN(C(C)C(=O)Nc2ccc(F)c(N)c2)CC1. The summed E-state index contributed by atoms with van der Waals surface area (Å²) in [6.45, 7) is 6.03. The van der Waals surface area contributed by atoms with Crippen molar-refractivity contribution in [3.05, 3.63) is 24.0 Å². The Bertz CT molecular complexity index is 484. The summed E-state index contributed by atoms with van der Waals surface area (Å²) >= 11 is 0. The lowest BCUT2D eigenvalue weighted by Crippen LogP contribution is -2.45. The van der Waals surface area contributed by atoms with Crippen molar-refractivity contribution in [2.24, 2.45) is 5.92 Å². The Labute approximate surface area is 119 Å². The molecule has 0 radical (unpaired) electrons. The Kier molecular flexibility index (Phi) is 4.60. The summed E-state index contributed by atoms with van der Waals surface area (Å²) in [5.41, 5.74) is 6.07. The Morgan fingerprint density at radius 1 is 1.45 bits per heavy atom. The number of halogens is 1. The van der Waals surface area contributed by atoms with Gasteiger partial charge in [0.25, 0.3) is 0 Å². The molecule has 1 aliphatic heterocycles. The first-order chi connectivity index (χ1) is 9.47. The van der Waals surface area contributed by atoms with Gasteiger partial charge in [-0.2, -0.15) is 0 Å².